The maximum absolute atomic E-state index is 12.5. The third-order valence-electron chi connectivity index (χ3n) is 5.75. The molecule has 0 aromatic carbocycles. The first kappa shape index (κ1) is 18.2. The van der Waals surface area contributed by atoms with Crippen molar-refractivity contribution < 1.29 is 9.53 Å². The predicted molar refractivity (Wildman–Crippen MR) is 102 cm³/mol. The summed E-state index contributed by atoms with van der Waals surface area (Å²) in [6.07, 6.45) is 6.48. The van der Waals surface area contributed by atoms with E-state index in [-0.39, 0.29) is 17.9 Å². The molecule has 146 valence electrons. The van der Waals surface area contributed by atoms with E-state index in [4.69, 9.17) is 4.74 Å². The van der Waals surface area contributed by atoms with E-state index in [0.29, 0.717) is 12.3 Å². The smallest absolute Gasteiger partial charge is 0.254 e. The molecule has 4 heterocycles. The molecule has 1 unspecified atom stereocenters. The molecule has 2 aromatic heterocycles. The Bertz CT molecular complexity index is 806. The third-order valence-corrected chi connectivity index (χ3v) is 5.75. The fourth-order valence-electron chi connectivity index (χ4n) is 4.22. The summed E-state index contributed by atoms with van der Waals surface area (Å²) in [6.45, 7) is 7.31. The number of nitrogens with zero attached hydrogens (tertiary/aromatic N) is 5. The average molecular weight is 372 g/mol. The van der Waals surface area contributed by atoms with Gasteiger partial charge in [0.25, 0.3) is 5.78 Å². The highest BCUT2D eigenvalue weighted by Gasteiger charge is 2.28. The van der Waals surface area contributed by atoms with E-state index in [1.54, 1.807) is 6.33 Å². The van der Waals surface area contributed by atoms with Gasteiger partial charge in [-0.3, -0.25) is 4.79 Å². The molecular formula is C19H28N6O2. The van der Waals surface area contributed by atoms with Gasteiger partial charge in [-0.2, -0.15) is 14.6 Å². The summed E-state index contributed by atoms with van der Waals surface area (Å²) in [5.41, 5.74) is 2.21. The number of amides is 1. The molecule has 8 heteroatoms. The molecule has 0 spiro atoms. The first-order valence-electron chi connectivity index (χ1n) is 10.0. The van der Waals surface area contributed by atoms with Gasteiger partial charge in [0, 0.05) is 43.4 Å². The number of hydrogen-bond donors (Lipinski definition) is 1. The van der Waals surface area contributed by atoms with Gasteiger partial charge < -0.3 is 15.0 Å². The van der Waals surface area contributed by atoms with Crippen LogP contribution in [0.2, 0.25) is 0 Å². The second-order valence-corrected chi connectivity index (χ2v) is 7.47. The Labute approximate surface area is 159 Å². The van der Waals surface area contributed by atoms with Crippen molar-refractivity contribution in [3.05, 3.63) is 17.6 Å². The summed E-state index contributed by atoms with van der Waals surface area (Å²) in [5, 5.41) is 7.47. The van der Waals surface area contributed by atoms with E-state index in [0.717, 1.165) is 63.3 Å². The monoisotopic (exact) mass is 372 g/mol. The maximum Gasteiger partial charge on any atom is 0.254 e. The van der Waals surface area contributed by atoms with Gasteiger partial charge in [0.05, 0.1) is 6.10 Å². The summed E-state index contributed by atoms with van der Waals surface area (Å²) in [6, 6.07) is 0. The minimum Gasteiger partial charge on any atom is -0.376 e. The van der Waals surface area contributed by atoms with Crippen LogP contribution in [-0.2, 0) is 16.0 Å². The second kappa shape index (κ2) is 7.80. The zero-order valence-corrected chi connectivity index (χ0v) is 16.1. The first-order valence-corrected chi connectivity index (χ1v) is 10.0. The number of rotatable bonds is 5. The van der Waals surface area contributed by atoms with Crippen LogP contribution in [0.5, 0.6) is 0 Å². The van der Waals surface area contributed by atoms with Crippen molar-refractivity contribution in [3.8, 4) is 0 Å². The minimum absolute atomic E-state index is 0.0712. The molecule has 2 fully saturated rings. The highest BCUT2D eigenvalue weighted by molar-refractivity contribution is 5.79. The van der Waals surface area contributed by atoms with E-state index >= 15 is 0 Å². The number of nitrogens with one attached hydrogen (secondary N) is 1. The Kier molecular flexibility index (Phi) is 5.24. The van der Waals surface area contributed by atoms with Crippen molar-refractivity contribution in [1.82, 2.24) is 24.9 Å². The predicted octanol–water partition coefficient (Wildman–Crippen LogP) is 1.51. The zero-order chi connectivity index (χ0) is 18.8. The largest absolute Gasteiger partial charge is 0.376 e. The van der Waals surface area contributed by atoms with Crippen LogP contribution in [0.25, 0.3) is 5.78 Å². The Morgan fingerprint density at radius 1 is 1.33 bits per heavy atom. The highest BCUT2D eigenvalue weighted by atomic mass is 16.5. The van der Waals surface area contributed by atoms with Crippen LogP contribution in [0.3, 0.4) is 0 Å². The number of piperidine rings is 1. The van der Waals surface area contributed by atoms with Gasteiger partial charge in [0.15, 0.2) is 0 Å². The summed E-state index contributed by atoms with van der Waals surface area (Å²) in [5.74, 6) is 1.95. The summed E-state index contributed by atoms with van der Waals surface area (Å²) < 4.78 is 7.43. The zero-order valence-electron chi connectivity index (χ0n) is 16.1. The standard InChI is InChI=1S/C19H28N6O2/c1-3-16-13(2)23-19-21-12-22-25(19)18(16)24-8-6-14(7-9-24)17(26)20-11-15-5-4-10-27-15/h12,14-15H,3-11H2,1-2H3,(H,20,26). The molecule has 1 N–H and O–H groups in total. The highest BCUT2D eigenvalue weighted by Crippen LogP contribution is 2.28. The van der Waals surface area contributed by atoms with Crippen molar-refractivity contribution >= 4 is 17.5 Å². The van der Waals surface area contributed by atoms with E-state index in [2.05, 4.69) is 32.2 Å². The van der Waals surface area contributed by atoms with Crippen LogP contribution in [0.4, 0.5) is 5.82 Å². The minimum atomic E-state index is 0.0712. The normalized spacial score (nSPS) is 21.1. The van der Waals surface area contributed by atoms with Crippen molar-refractivity contribution in [3.63, 3.8) is 0 Å². The van der Waals surface area contributed by atoms with Crippen LogP contribution in [0.15, 0.2) is 6.33 Å². The Hall–Kier alpha value is -2.22. The number of anilines is 1. The number of aryl methyl sites for hydroxylation is 1. The number of fused-ring (bicyclic) bond motifs is 1. The molecule has 0 radical (unpaired) electrons. The van der Waals surface area contributed by atoms with Gasteiger partial charge in [-0.15, -0.1) is 0 Å². The molecule has 0 saturated carbocycles. The molecule has 8 nitrogen and oxygen atoms in total. The Morgan fingerprint density at radius 2 is 2.15 bits per heavy atom. The number of carbonyl (C=O) groups excluding carboxylic acids is 1. The van der Waals surface area contributed by atoms with Gasteiger partial charge in [-0.1, -0.05) is 6.92 Å². The van der Waals surface area contributed by atoms with Gasteiger partial charge in [-0.25, -0.2) is 4.98 Å². The van der Waals surface area contributed by atoms with E-state index < -0.39 is 0 Å². The molecule has 1 amide bonds. The summed E-state index contributed by atoms with van der Waals surface area (Å²) in [7, 11) is 0. The molecule has 2 aliphatic rings. The summed E-state index contributed by atoms with van der Waals surface area (Å²) >= 11 is 0. The van der Waals surface area contributed by atoms with E-state index in [1.165, 1.54) is 5.56 Å². The maximum atomic E-state index is 12.5. The van der Waals surface area contributed by atoms with E-state index in [1.807, 2.05) is 11.4 Å². The number of ether oxygens (including phenoxy) is 1. The lowest BCUT2D eigenvalue weighted by Crippen LogP contribution is -2.43. The van der Waals surface area contributed by atoms with Gasteiger partial charge in [-0.05, 0) is 39.0 Å². The van der Waals surface area contributed by atoms with Crippen molar-refractivity contribution in [2.75, 3.05) is 31.1 Å². The van der Waals surface area contributed by atoms with Crippen LogP contribution in [0.1, 0.15) is 43.9 Å². The van der Waals surface area contributed by atoms with Gasteiger partial charge in [0.2, 0.25) is 5.91 Å². The van der Waals surface area contributed by atoms with Gasteiger partial charge in [0.1, 0.15) is 12.1 Å². The molecule has 0 aliphatic carbocycles. The second-order valence-electron chi connectivity index (χ2n) is 7.47. The summed E-state index contributed by atoms with van der Waals surface area (Å²) in [4.78, 5) is 23.7. The molecule has 1 atom stereocenters. The van der Waals surface area contributed by atoms with E-state index in [9.17, 15) is 4.79 Å². The molecule has 4 rings (SSSR count). The topological polar surface area (TPSA) is 84.7 Å². The lowest BCUT2D eigenvalue weighted by molar-refractivity contribution is -0.126. The number of hydrogen-bond acceptors (Lipinski definition) is 6. The number of aromatic nitrogens is 4. The molecule has 27 heavy (non-hydrogen) atoms. The third kappa shape index (κ3) is 3.63. The Balaban J connectivity index is 1.42. The van der Waals surface area contributed by atoms with Crippen LogP contribution >= 0.6 is 0 Å². The SMILES string of the molecule is CCc1c(C)nc2ncnn2c1N1CCC(C(=O)NCC2CCCO2)CC1. The van der Waals surface area contributed by atoms with Crippen LogP contribution in [0, 0.1) is 12.8 Å². The van der Waals surface area contributed by atoms with Gasteiger partial charge >= 0.3 is 0 Å². The lowest BCUT2D eigenvalue weighted by atomic mass is 9.95. The van der Waals surface area contributed by atoms with Crippen LogP contribution < -0.4 is 10.2 Å². The quantitative estimate of drug-likeness (QED) is 0.856. The average Bonchev–Trinajstić information content (AvgIpc) is 3.36. The lowest BCUT2D eigenvalue weighted by Gasteiger charge is -2.34. The molecule has 2 aliphatic heterocycles. The molecule has 2 saturated heterocycles. The molecule has 0 bridgehead atoms. The van der Waals surface area contributed by atoms with Crippen molar-refractivity contribution in [1.29, 1.82) is 0 Å². The molecular weight excluding hydrogens is 344 g/mol. The first-order chi connectivity index (χ1) is 13.2. The van der Waals surface area contributed by atoms with Crippen LogP contribution in [-0.4, -0.2) is 57.8 Å². The Morgan fingerprint density at radius 3 is 2.85 bits per heavy atom. The molecule has 2 aromatic rings. The fourth-order valence-corrected chi connectivity index (χ4v) is 4.22. The number of carbonyl (C=O) groups is 1. The van der Waals surface area contributed by atoms with Crippen molar-refractivity contribution in [2.24, 2.45) is 5.92 Å². The fraction of sp³-hybridized carbons (Fsp3) is 0.684. The van der Waals surface area contributed by atoms with Crippen molar-refractivity contribution in [2.45, 2.75) is 52.1 Å².